The smallest absolute Gasteiger partial charge is 0.343 e. The van der Waals surface area contributed by atoms with E-state index >= 15 is 0 Å². The third-order valence-electron chi connectivity index (χ3n) is 3.07. The summed E-state index contributed by atoms with van der Waals surface area (Å²) in [7, 11) is 1.44. The Morgan fingerprint density at radius 2 is 1.96 bits per heavy atom. The topological polar surface area (TPSA) is 61.8 Å². The van der Waals surface area contributed by atoms with Crippen molar-refractivity contribution in [2.75, 3.05) is 13.7 Å². The molecule has 0 atom stereocenters. The number of carbonyl (C=O) groups excluding carboxylic acids is 2. The van der Waals surface area contributed by atoms with Gasteiger partial charge in [0.25, 0.3) is 0 Å². The lowest BCUT2D eigenvalue weighted by Crippen LogP contribution is -2.09. The predicted molar refractivity (Wildman–Crippen MR) is 85.6 cm³/mol. The molecule has 0 heterocycles. The average molecular weight is 314 g/mol. The van der Waals surface area contributed by atoms with Crippen molar-refractivity contribution in [3.05, 3.63) is 53.6 Å². The number of aldehydes is 1. The van der Waals surface area contributed by atoms with E-state index in [1.807, 2.05) is 6.92 Å². The van der Waals surface area contributed by atoms with Gasteiger partial charge in [0.05, 0.1) is 19.3 Å². The maximum atomic E-state index is 12.3. The monoisotopic (exact) mass is 314 g/mol. The average Bonchev–Trinajstić information content (AvgIpc) is 2.60. The summed E-state index contributed by atoms with van der Waals surface area (Å²) >= 11 is 0. The Morgan fingerprint density at radius 1 is 1.13 bits per heavy atom. The van der Waals surface area contributed by atoms with Crippen LogP contribution in [0.2, 0.25) is 0 Å². The predicted octanol–water partition coefficient (Wildman–Crippen LogP) is 3.52. The molecule has 0 bridgehead atoms. The first-order valence-electron chi connectivity index (χ1n) is 7.26. The van der Waals surface area contributed by atoms with Gasteiger partial charge in [0.1, 0.15) is 12.0 Å². The van der Waals surface area contributed by atoms with Crippen LogP contribution in [0.3, 0.4) is 0 Å². The van der Waals surface area contributed by atoms with Gasteiger partial charge in [0.15, 0.2) is 11.5 Å². The SMILES string of the molecule is CCCOc1cccc(C(=O)Oc2ccc(C=O)cc2OC)c1. The summed E-state index contributed by atoms with van der Waals surface area (Å²) < 4.78 is 16.0. The van der Waals surface area contributed by atoms with Crippen LogP contribution in [0.5, 0.6) is 17.2 Å². The minimum atomic E-state index is -0.524. The van der Waals surface area contributed by atoms with E-state index < -0.39 is 5.97 Å². The van der Waals surface area contributed by atoms with Crippen molar-refractivity contribution in [2.45, 2.75) is 13.3 Å². The van der Waals surface area contributed by atoms with E-state index in [9.17, 15) is 9.59 Å². The Hall–Kier alpha value is -2.82. The lowest BCUT2D eigenvalue weighted by molar-refractivity contribution is 0.0729. The molecule has 5 nitrogen and oxygen atoms in total. The largest absolute Gasteiger partial charge is 0.494 e. The number of ether oxygens (including phenoxy) is 3. The van der Waals surface area contributed by atoms with E-state index in [1.54, 1.807) is 30.3 Å². The third-order valence-corrected chi connectivity index (χ3v) is 3.07. The van der Waals surface area contributed by atoms with Gasteiger partial charge < -0.3 is 14.2 Å². The molecular weight excluding hydrogens is 296 g/mol. The van der Waals surface area contributed by atoms with Gasteiger partial charge >= 0.3 is 5.97 Å². The van der Waals surface area contributed by atoms with Crippen LogP contribution >= 0.6 is 0 Å². The van der Waals surface area contributed by atoms with Gasteiger partial charge in [-0.2, -0.15) is 0 Å². The van der Waals surface area contributed by atoms with E-state index in [0.717, 1.165) is 6.42 Å². The minimum Gasteiger partial charge on any atom is -0.494 e. The number of carbonyl (C=O) groups is 2. The van der Waals surface area contributed by atoms with Crippen LogP contribution in [0.25, 0.3) is 0 Å². The molecule has 23 heavy (non-hydrogen) atoms. The van der Waals surface area contributed by atoms with Crippen molar-refractivity contribution >= 4 is 12.3 Å². The number of benzene rings is 2. The van der Waals surface area contributed by atoms with Gasteiger partial charge in [-0.15, -0.1) is 0 Å². The molecule has 0 aliphatic heterocycles. The summed E-state index contributed by atoms with van der Waals surface area (Å²) in [4.78, 5) is 23.0. The fourth-order valence-corrected chi connectivity index (χ4v) is 1.93. The van der Waals surface area contributed by atoms with Crippen molar-refractivity contribution in [2.24, 2.45) is 0 Å². The number of esters is 1. The Labute approximate surface area is 134 Å². The van der Waals surface area contributed by atoms with Crippen LogP contribution in [-0.4, -0.2) is 26.0 Å². The van der Waals surface area contributed by atoms with Gasteiger partial charge in [0, 0.05) is 5.56 Å². The van der Waals surface area contributed by atoms with E-state index in [4.69, 9.17) is 14.2 Å². The van der Waals surface area contributed by atoms with Gasteiger partial charge in [-0.05, 0) is 42.8 Å². The molecule has 5 heteroatoms. The third kappa shape index (κ3) is 4.32. The van der Waals surface area contributed by atoms with Crippen LogP contribution in [0.1, 0.15) is 34.1 Å². The Bertz CT molecular complexity index is 694. The van der Waals surface area contributed by atoms with Crippen molar-refractivity contribution in [1.82, 2.24) is 0 Å². The highest BCUT2D eigenvalue weighted by atomic mass is 16.6. The Kier molecular flexibility index (Phi) is 5.74. The van der Waals surface area contributed by atoms with Gasteiger partial charge in [-0.3, -0.25) is 4.79 Å². The van der Waals surface area contributed by atoms with E-state index in [1.165, 1.54) is 19.2 Å². The first-order chi connectivity index (χ1) is 11.2. The Balaban J connectivity index is 2.17. The molecule has 0 fully saturated rings. The van der Waals surface area contributed by atoms with Gasteiger partial charge in [-0.25, -0.2) is 4.79 Å². The fourth-order valence-electron chi connectivity index (χ4n) is 1.93. The fraction of sp³-hybridized carbons (Fsp3) is 0.222. The molecule has 2 rings (SSSR count). The number of hydrogen-bond donors (Lipinski definition) is 0. The molecule has 0 unspecified atom stereocenters. The van der Waals surface area contributed by atoms with E-state index in [-0.39, 0.29) is 5.75 Å². The molecule has 0 aliphatic carbocycles. The van der Waals surface area contributed by atoms with Crippen LogP contribution in [0.15, 0.2) is 42.5 Å². The van der Waals surface area contributed by atoms with Crippen molar-refractivity contribution in [1.29, 1.82) is 0 Å². The molecule has 2 aromatic carbocycles. The van der Waals surface area contributed by atoms with Crippen molar-refractivity contribution in [3.63, 3.8) is 0 Å². The van der Waals surface area contributed by atoms with Gasteiger partial charge in [-0.1, -0.05) is 13.0 Å². The molecule has 2 aromatic rings. The maximum absolute atomic E-state index is 12.3. The van der Waals surface area contributed by atoms with Crippen molar-refractivity contribution in [3.8, 4) is 17.2 Å². The highest BCUT2D eigenvalue weighted by Gasteiger charge is 2.13. The zero-order chi connectivity index (χ0) is 16.7. The molecular formula is C18H18O5. The normalized spacial score (nSPS) is 10.0. The second kappa shape index (κ2) is 7.98. The summed E-state index contributed by atoms with van der Waals surface area (Å²) in [6, 6.07) is 11.4. The van der Waals surface area contributed by atoms with E-state index in [2.05, 4.69) is 0 Å². The lowest BCUT2D eigenvalue weighted by atomic mass is 10.2. The first kappa shape index (κ1) is 16.5. The van der Waals surface area contributed by atoms with Crippen molar-refractivity contribution < 1.29 is 23.8 Å². The van der Waals surface area contributed by atoms with Crippen LogP contribution in [0.4, 0.5) is 0 Å². The number of methoxy groups -OCH3 is 1. The summed E-state index contributed by atoms with van der Waals surface area (Å²) in [5, 5.41) is 0. The Morgan fingerprint density at radius 3 is 2.65 bits per heavy atom. The molecule has 0 spiro atoms. The molecule has 0 saturated heterocycles. The summed E-state index contributed by atoms with van der Waals surface area (Å²) in [6.07, 6.45) is 1.58. The molecule has 0 saturated carbocycles. The van der Waals surface area contributed by atoms with Gasteiger partial charge in [0.2, 0.25) is 0 Å². The minimum absolute atomic E-state index is 0.253. The quantitative estimate of drug-likeness (QED) is 0.444. The van der Waals surface area contributed by atoms with Crippen LogP contribution < -0.4 is 14.2 Å². The van der Waals surface area contributed by atoms with Crippen LogP contribution in [-0.2, 0) is 0 Å². The molecule has 0 aliphatic rings. The number of hydrogen-bond acceptors (Lipinski definition) is 5. The molecule has 0 aromatic heterocycles. The second-order valence-electron chi connectivity index (χ2n) is 4.79. The molecule has 0 radical (unpaired) electrons. The summed E-state index contributed by atoms with van der Waals surface area (Å²) in [5.41, 5.74) is 0.816. The molecule has 120 valence electrons. The molecule has 0 amide bonds. The second-order valence-corrected chi connectivity index (χ2v) is 4.79. The molecule has 0 N–H and O–H groups in total. The zero-order valence-electron chi connectivity index (χ0n) is 13.1. The standard InChI is InChI=1S/C18H18O5/c1-3-9-22-15-6-4-5-14(11-15)18(20)23-16-8-7-13(12-19)10-17(16)21-2/h4-8,10-12H,3,9H2,1-2H3. The lowest BCUT2D eigenvalue weighted by Gasteiger charge is -2.10. The summed E-state index contributed by atoms with van der Waals surface area (Å²) in [5.74, 6) is 0.665. The van der Waals surface area contributed by atoms with Crippen LogP contribution in [0, 0.1) is 0 Å². The highest BCUT2D eigenvalue weighted by molar-refractivity contribution is 5.92. The van der Waals surface area contributed by atoms with E-state index in [0.29, 0.717) is 35.5 Å². The zero-order valence-corrected chi connectivity index (χ0v) is 13.1. The highest BCUT2D eigenvalue weighted by Crippen LogP contribution is 2.28. The summed E-state index contributed by atoms with van der Waals surface area (Å²) in [6.45, 7) is 2.59. The first-order valence-corrected chi connectivity index (χ1v) is 7.26. The maximum Gasteiger partial charge on any atom is 0.343 e. The number of rotatable bonds is 7.